The number of amides is 1. The Morgan fingerprint density at radius 3 is 2.73 bits per heavy atom. The predicted octanol–water partition coefficient (Wildman–Crippen LogP) is 6.40. The van der Waals surface area contributed by atoms with Crippen molar-refractivity contribution in [3.05, 3.63) is 54.4 Å². The van der Waals surface area contributed by atoms with Crippen molar-refractivity contribution in [1.29, 1.82) is 0 Å². The van der Waals surface area contributed by atoms with E-state index in [2.05, 4.69) is 20.4 Å². The van der Waals surface area contributed by atoms with Crippen molar-refractivity contribution in [1.82, 2.24) is 19.7 Å². The molecular weight excluding hydrogens is 508 g/mol. The maximum atomic E-state index is 12.5. The maximum Gasteiger partial charge on any atom is 0.247 e. The number of fused-ring (bicyclic) bond motifs is 1. The molecule has 11 heteroatoms. The van der Waals surface area contributed by atoms with Gasteiger partial charge in [-0.3, -0.25) is 9.59 Å². The van der Waals surface area contributed by atoms with Gasteiger partial charge in [-0.25, -0.2) is 9.97 Å². The van der Waals surface area contributed by atoms with Gasteiger partial charge in [0.25, 0.3) is 0 Å². The number of allylic oxidation sites excluding steroid dienone is 2. The fourth-order valence-corrected chi connectivity index (χ4v) is 5.44. The van der Waals surface area contributed by atoms with Crippen LogP contribution in [0.2, 0.25) is 0 Å². The van der Waals surface area contributed by atoms with Gasteiger partial charge in [0.05, 0.1) is 27.9 Å². The fraction of sp³-hybridized carbons (Fsp3) is 0.346. The van der Waals surface area contributed by atoms with Crippen molar-refractivity contribution >= 4 is 62.3 Å². The minimum Gasteiger partial charge on any atom is -0.440 e. The number of hydrogen-bond donors (Lipinski definition) is 2. The highest BCUT2D eigenvalue weighted by atomic mass is 32.2. The van der Waals surface area contributed by atoms with Gasteiger partial charge in [0.2, 0.25) is 17.7 Å². The summed E-state index contributed by atoms with van der Waals surface area (Å²) in [6.45, 7) is 3.95. The number of carbonyl (C=O) groups is 2. The molecule has 3 aromatic heterocycles. The Morgan fingerprint density at radius 1 is 1.14 bits per heavy atom. The van der Waals surface area contributed by atoms with Gasteiger partial charge in [0.15, 0.2) is 10.9 Å². The average Bonchev–Trinajstić information content (AvgIpc) is 3.64. The standard InChI is InChI=1S/C26H30N6O3S2/c1-3-17(2)20-14-28-22(35-20)16-36-24-15-29-26(37-24)30-21(33)12-6-4-5-7-13-23(34)32-19-11-9-8-10-18(19)25(27)31-32/h3,8-11,14-15H,4-7,12-13,16H2,1-2H3,(H2,27,31)(H,29,30,33)/b17-3-. The SMILES string of the molecule is C/C=C(/C)c1cnc(CSc2cnc(NC(=O)CCCCCCC(=O)n3nc(N)c4ccccc43)s2)o1. The second-order valence-corrected chi connectivity index (χ2v) is 10.8. The smallest absolute Gasteiger partial charge is 0.247 e. The number of nitrogen functional groups attached to an aromatic ring is 1. The highest BCUT2D eigenvalue weighted by Gasteiger charge is 2.14. The van der Waals surface area contributed by atoms with Crippen molar-refractivity contribution in [2.75, 3.05) is 11.1 Å². The van der Waals surface area contributed by atoms with Gasteiger partial charge in [-0.1, -0.05) is 42.4 Å². The van der Waals surface area contributed by atoms with Crippen LogP contribution in [0.1, 0.15) is 68.8 Å². The van der Waals surface area contributed by atoms with E-state index in [0.717, 1.165) is 52.1 Å². The number of benzene rings is 1. The molecule has 0 saturated carbocycles. The van der Waals surface area contributed by atoms with E-state index in [-0.39, 0.29) is 11.8 Å². The third-order valence-corrected chi connectivity index (χ3v) is 7.93. The number of hydrogen-bond acceptors (Lipinski definition) is 9. The van der Waals surface area contributed by atoms with Gasteiger partial charge in [0.1, 0.15) is 5.76 Å². The van der Waals surface area contributed by atoms with Crippen molar-refractivity contribution in [3.8, 4) is 0 Å². The Morgan fingerprint density at radius 2 is 1.92 bits per heavy atom. The number of unbranched alkanes of at least 4 members (excludes halogenated alkanes) is 3. The second kappa shape index (κ2) is 12.7. The van der Waals surface area contributed by atoms with E-state index in [0.29, 0.717) is 35.4 Å². The van der Waals surface area contributed by atoms with Crippen molar-refractivity contribution in [2.45, 2.75) is 62.3 Å². The molecule has 0 aliphatic carbocycles. The number of aromatic nitrogens is 4. The Balaban J connectivity index is 1.12. The lowest BCUT2D eigenvalue weighted by molar-refractivity contribution is -0.116. The number of rotatable bonds is 12. The lowest BCUT2D eigenvalue weighted by Gasteiger charge is -2.04. The largest absolute Gasteiger partial charge is 0.440 e. The van der Waals surface area contributed by atoms with Gasteiger partial charge in [-0.15, -0.1) is 16.9 Å². The van der Waals surface area contributed by atoms with Crippen LogP contribution in [0.5, 0.6) is 0 Å². The number of nitrogens with zero attached hydrogens (tertiary/aromatic N) is 4. The monoisotopic (exact) mass is 538 g/mol. The lowest BCUT2D eigenvalue weighted by Crippen LogP contribution is -2.12. The molecule has 4 rings (SSSR count). The summed E-state index contributed by atoms with van der Waals surface area (Å²) in [5.41, 5.74) is 7.70. The number of oxazole rings is 1. The molecule has 194 valence electrons. The molecule has 0 spiro atoms. The molecule has 0 atom stereocenters. The highest BCUT2D eigenvalue weighted by Crippen LogP contribution is 2.31. The van der Waals surface area contributed by atoms with Crippen LogP contribution in [0.25, 0.3) is 16.5 Å². The van der Waals surface area contributed by atoms with E-state index in [9.17, 15) is 9.59 Å². The molecular formula is C26H30N6O3S2. The lowest BCUT2D eigenvalue weighted by atomic mass is 10.1. The first-order chi connectivity index (χ1) is 17.9. The number of nitrogens with one attached hydrogen (secondary N) is 1. The van der Waals surface area contributed by atoms with Gasteiger partial charge in [-0.2, -0.15) is 4.68 Å². The normalized spacial score (nSPS) is 11.8. The van der Waals surface area contributed by atoms with Crippen LogP contribution in [-0.4, -0.2) is 31.6 Å². The quantitative estimate of drug-likeness (QED) is 0.157. The fourth-order valence-electron chi connectivity index (χ4n) is 3.70. The van der Waals surface area contributed by atoms with E-state index < -0.39 is 0 Å². The van der Waals surface area contributed by atoms with Crippen LogP contribution in [0.3, 0.4) is 0 Å². The van der Waals surface area contributed by atoms with Crippen LogP contribution in [0, 0.1) is 0 Å². The minimum atomic E-state index is -0.0701. The zero-order valence-electron chi connectivity index (χ0n) is 20.9. The summed E-state index contributed by atoms with van der Waals surface area (Å²) in [4.78, 5) is 33.4. The summed E-state index contributed by atoms with van der Waals surface area (Å²) in [6, 6.07) is 7.44. The molecule has 9 nitrogen and oxygen atoms in total. The van der Waals surface area contributed by atoms with E-state index in [1.165, 1.54) is 16.0 Å². The zero-order valence-corrected chi connectivity index (χ0v) is 22.5. The molecule has 0 fully saturated rings. The third kappa shape index (κ3) is 7.07. The molecule has 0 bridgehead atoms. The number of carbonyl (C=O) groups excluding carboxylic acids is 2. The topological polar surface area (TPSA) is 129 Å². The number of nitrogens with two attached hydrogens (primary N) is 1. The van der Waals surface area contributed by atoms with Crippen LogP contribution in [-0.2, 0) is 10.5 Å². The summed E-state index contributed by atoms with van der Waals surface area (Å²) in [5.74, 6) is 2.27. The predicted molar refractivity (Wildman–Crippen MR) is 149 cm³/mol. The van der Waals surface area contributed by atoms with Gasteiger partial charge >= 0.3 is 0 Å². The highest BCUT2D eigenvalue weighted by molar-refractivity contribution is 8.00. The van der Waals surface area contributed by atoms with Gasteiger partial charge in [-0.05, 0) is 44.4 Å². The molecule has 1 aromatic carbocycles. The van der Waals surface area contributed by atoms with Gasteiger partial charge < -0.3 is 15.5 Å². The zero-order chi connectivity index (χ0) is 26.2. The van der Waals surface area contributed by atoms with Crippen LogP contribution < -0.4 is 11.1 Å². The summed E-state index contributed by atoms with van der Waals surface area (Å²) in [6.07, 6.45) is 9.50. The van der Waals surface area contributed by atoms with Crippen molar-refractivity contribution < 1.29 is 14.0 Å². The first-order valence-corrected chi connectivity index (χ1v) is 14.0. The molecule has 37 heavy (non-hydrogen) atoms. The van der Waals surface area contributed by atoms with Crippen LogP contribution in [0.4, 0.5) is 10.9 Å². The second-order valence-electron chi connectivity index (χ2n) is 8.53. The van der Waals surface area contributed by atoms with Crippen LogP contribution in [0.15, 0.2) is 51.4 Å². The first-order valence-electron chi connectivity index (χ1n) is 12.2. The Kier molecular flexibility index (Phi) is 9.13. The minimum absolute atomic E-state index is 0.0559. The molecule has 4 aromatic rings. The van der Waals surface area contributed by atoms with E-state index in [4.69, 9.17) is 10.2 Å². The first kappa shape index (κ1) is 26.6. The number of thioether (sulfide) groups is 1. The number of anilines is 2. The Labute approximate surface area is 223 Å². The maximum absolute atomic E-state index is 12.5. The summed E-state index contributed by atoms with van der Waals surface area (Å²) in [7, 11) is 0. The molecule has 0 unspecified atom stereocenters. The summed E-state index contributed by atoms with van der Waals surface area (Å²) in [5, 5.41) is 8.42. The Hall–Kier alpha value is -3.44. The van der Waals surface area contributed by atoms with E-state index in [1.807, 2.05) is 44.2 Å². The van der Waals surface area contributed by atoms with E-state index in [1.54, 1.807) is 24.2 Å². The van der Waals surface area contributed by atoms with Crippen LogP contribution >= 0.6 is 23.1 Å². The number of para-hydroxylation sites is 1. The molecule has 3 N–H and O–H groups in total. The summed E-state index contributed by atoms with van der Waals surface area (Å²) < 4.78 is 8.12. The molecule has 0 saturated heterocycles. The third-order valence-electron chi connectivity index (χ3n) is 5.84. The van der Waals surface area contributed by atoms with E-state index >= 15 is 0 Å². The molecule has 0 aliphatic heterocycles. The molecule has 3 heterocycles. The molecule has 0 radical (unpaired) electrons. The number of thiazole rings is 1. The molecule has 0 aliphatic rings. The molecule has 1 amide bonds. The van der Waals surface area contributed by atoms with Gasteiger partial charge in [0, 0.05) is 18.2 Å². The van der Waals surface area contributed by atoms with Crippen molar-refractivity contribution in [2.24, 2.45) is 0 Å². The van der Waals surface area contributed by atoms with Crippen molar-refractivity contribution in [3.63, 3.8) is 0 Å². The summed E-state index contributed by atoms with van der Waals surface area (Å²) >= 11 is 3.01. The Bertz CT molecular complexity index is 1400. The average molecular weight is 539 g/mol.